The monoisotopic (exact) mass is 355 g/mol. The van der Waals surface area contributed by atoms with Gasteiger partial charge in [-0.2, -0.15) is 13.2 Å². The fourth-order valence-corrected chi connectivity index (χ4v) is 2.60. The average molecular weight is 356 g/mol. The van der Waals surface area contributed by atoms with E-state index >= 15 is 0 Å². The van der Waals surface area contributed by atoms with Gasteiger partial charge in [0.25, 0.3) is 0 Å². The maximum absolute atomic E-state index is 13.9. The van der Waals surface area contributed by atoms with Crippen molar-refractivity contribution < 1.29 is 27.1 Å². The minimum Gasteiger partial charge on any atom is -0.356 e. The molecule has 1 aromatic carbocycles. The zero-order chi connectivity index (χ0) is 15.1. The molecule has 20 heavy (non-hydrogen) atoms. The van der Waals surface area contributed by atoms with Gasteiger partial charge in [-0.25, -0.2) is 4.39 Å². The zero-order valence-corrected chi connectivity index (χ0v) is 11.8. The highest BCUT2D eigenvalue weighted by molar-refractivity contribution is 9.10. The molecule has 1 aliphatic heterocycles. The maximum Gasteiger partial charge on any atom is 0.417 e. The summed E-state index contributed by atoms with van der Waals surface area (Å²) in [5, 5.41) is 2.19. The van der Waals surface area contributed by atoms with Crippen molar-refractivity contribution in [3.8, 4) is 0 Å². The summed E-state index contributed by atoms with van der Waals surface area (Å²) in [5.74, 6) is -1.58. The Balaban J connectivity index is 2.56. The van der Waals surface area contributed by atoms with Gasteiger partial charge >= 0.3 is 6.18 Å². The van der Waals surface area contributed by atoms with Gasteiger partial charge in [-0.3, -0.25) is 4.79 Å². The van der Waals surface area contributed by atoms with Crippen LogP contribution in [0.1, 0.15) is 12.5 Å². The Labute approximate surface area is 120 Å². The van der Waals surface area contributed by atoms with Crippen LogP contribution >= 0.6 is 15.9 Å². The number of carbonyl (C=O) groups is 1. The van der Waals surface area contributed by atoms with Crippen LogP contribution < -0.4 is 5.32 Å². The minimum atomic E-state index is -4.74. The van der Waals surface area contributed by atoms with Gasteiger partial charge in [0, 0.05) is 10.0 Å². The van der Waals surface area contributed by atoms with Crippen molar-refractivity contribution in [3.05, 3.63) is 34.1 Å². The van der Waals surface area contributed by atoms with Crippen LogP contribution in [-0.2, 0) is 15.1 Å². The van der Waals surface area contributed by atoms with Crippen LogP contribution in [0.2, 0.25) is 0 Å². The van der Waals surface area contributed by atoms with E-state index in [0.717, 1.165) is 13.0 Å². The number of hydrogen-bond acceptors (Lipinski definition) is 2. The van der Waals surface area contributed by atoms with Crippen LogP contribution in [0.4, 0.5) is 17.6 Å². The predicted octanol–water partition coefficient (Wildman–Crippen LogP) is 2.88. The normalized spacial score (nSPS) is 27.3. The highest BCUT2D eigenvalue weighted by atomic mass is 79.9. The molecule has 0 saturated carbocycles. The van der Waals surface area contributed by atoms with Gasteiger partial charge in [0.15, 0.2) is 6.10 Å². The molecule has 110 valence electrons. The van der Waals surface area contributed by atoms with Gasteiger partial charge in [-0.15, -0.1) is 0 Å². The first-order valence-electron chi connectivity index (χ1n) is 5.59. The number of ether oxygens (including phenoxy) is 1. The highest BCUT2D eigenvalue weighted by Gasteiger charge is 2.57. The Hall–Kier alpha value is -1.15. The molecule has 8 heteroatoms. The molecule has 0 spiro atoms. The lowest BCUT2D eigenvalue weighted by Crippen LogP contribution is -2.63. The lowest BCUT2D eigenvalue weighted by atomic mass is 9.84. The third-order valence-electron chi connectivity index (χ3n) is 3.09. The van der Waals surface area contributed by atoms with Crippen LogP contribution in [0.3, 0.4) is 0 Å². The maximum atomic E-state index is 13.9. The summed E-state index contributed by atoms with van der Waals surface area (Å²) in [5.41, 5.74) is -2.32. The summed E-state index contributed by atoms with van der Waals surface area (Å²) < 4.78 is 58.1. The molecule has 1 amide bonds. The van der Waals surface area contributed by atoms with Crippen molar-refractivity contribution in [3.63, 3.8) is 0 Å². The topological polar surface area (TPSA) is 38.3 Å². The van der Waals surface area contributed by atoms with Crippen LogP contribution in [0.25, 0.3) is 0 Å². The first-order valence-corrected chi connectivity index (χ1v) is 6.39. The molecular formula is C12H10BrF4NO2. The largest absolute Gasteiger partial charge is 0.417 e. The lowest BCUT2D eigenvalue weighted by Gasteiger charge is -2.42. The Bertz CT molecular complexity index is 549. The van der Waals surface area contributed by atoms with Crippen molar-refractivity contribution in [2.45, 2.75) is 24.7 Å². The predicted molar refractivity (Wildman–Crippen MR) is 65.4 cm³/mol. The highest BCUT2D eigenvalue weighted by Crippen LogP contribution is 2.40. The molecule has 0 radical (unpaired) electrons. The van der Waals surface area contributed by atoms with Crippen molar-refractivity contribution in [1.82, 2.24) is 5.32 Å². The van der Waals surface area contributed by atoms with Crippen LogP contribution in [0.5, 0.6) is 0 Å². The van der Waals surface area contributed by atoms with Gasteiger partial charge in [0.05, 0.1) is 0 Å². The molecule has 0 aromatic heterocycles. The minimum absolute atomic E-state index is 0.290. The number of amides is 1. The smallest absolute Gasteiger partial charge is 0.356 e. The Morgan fingerprint density at radius 2 is 2.10 bits per heavy atom. The van der Waals surface area contributed by atoms with Crippen molar-refractivity contribution >= 4 is 21.8 Å². The standard InChI is InChI=1S/C12H10BrF4NO2/c1-11(7-4-6(13)2-3-8(7)14)10(12(15,16)17)20-5-9(19)18-11/h2-4,10H,5H2,1H3,(H,18,19). The number of hydrogen-bond donors (Lipinski definition) is 1. The SMILES string of the molecule is CC1(c2cc(Br)ccc2F)NC(=O)COC1C(F)(F)F. The summed E-state index contributed by atoms with van der Waals surface area (Å²) in [7, 11) is 0. The molecule has 2 atom stereocenters. The third-order valence-corrected chi connectivity index (χ3v) is 3.58. The number of rotatable bonds is 1. The van der Waals surface area contributed by atoms with E-state index in [1.807, 2.05) is 0 Å². The van der Waals surface area contributed by atoms with Gasteiger partial charge < -0.3 is 10.1 Å². The van der Waals surface area contributed by atoms with Crippen molar-refractivity contribution in [2.24, 2.45) is 0 Å². The fraction of sp³-hybridized carbons (Fsp3) is 0.417. The molecule has 3 nitrogen and oxygen atoms in total. The van der Waals surface area contributed by atoms with Gasteiger partial charge in [-0.1, -0.05) is 15.9 Å². The number of alkyl halides is 3. The van der Waals surface area contributed by atoms with Gasteiger partial charge in [0.1, 0.15) is 18.0 Å². The number of halogens is 5. The summed E-state index contributed by atoms with van der Waals surface area (Å²) in [6, 6.07) is 3.58. The first-order chi connectivity index (χ1) is 9.14. The fourth-order valence-electron chi connectivity index (χ4n) is 2.24. The molecule has 2 rings (SSSR count). The van der Waals surface area contributed by atoms with Crippen molar-refractivity contribution in [2.75, 3.05) is 6.61 Å². The number of carbonyl (C=O) groups excluding carboxylic acids is 1. The van der Waals surface area contributed by atoms with Crippen molar-refractivity contribution in [1.29, 1.82) is 0 Å². The summed E-state index contributed by atoms with van der Waals surface area (Å²) in [6.45, 7) is 0.377. The second kappa shape index (κ2) is 5.00. The van der Waals surface area contributed by atoms with E-state index in [-0.39, 0.29) is 5.56 Å². The first kappa shape index (κ1) is 15.2. The van der Waals surface area contributed by atoms with Gasteiger partial charge in [-0.05, 0) is 25.1 Å². The van der Waals surface area contributed by atoms with Gasteiger partial charge in [0.2, 0.25) is 5.91 Å². The molecule has 1 saturated heterocycles. The molecule has 1 heterocycles. The quantitative estimate of drug-likeness (QED) is 0.786. The summed E-state index contributed by atoms with van der Waals surface area (Å²) >= 11 is 3.07. The van der Waals surface area contributed by atoms with E-state index in [9.17, 15) is 22.4 Å². The molecule has 2 unspecified atom stereocenters. The number of benzene rings is 1. The Kier molecular flexibility index (Phi) is 3.81. The molecule has 0 aliphatic carbocycles. The van der Waals surface area contributed by atoms with Crippen LogP contribution in [-0.4, -0.2) is 24.8 Å². The molecule has 1 fully saturated rings. The average Bonchev–Trinajstić information content (AvgIpc) is 2.30. The summed E-state index contributed by atoms with van der Waals surface area (Å²) in [4.78, 5) is 11.4. The number of morpholine rings is 1. The van der Waals surface area contributed by atoms with E-state index in [4.69, 9.17) is 0 Å². The zero-order valence-electron chi connectivity index (χ0n) is 10.2. The molecule has 1 aromatic rings. The van der Waals surface area contributed by atoms with E-state index in [1.165, 1.54) is 12.1 Å². The molecule has 0 bridgehead atoms. The molecular weight excluding hydrogens is 346 g/mol. The molecule has 1 aliphatic rings. The number of nitrogens with one attached hydrogen (secondary N) is 1. The second-order valence-corrected chi connectivity index (χ2v) is 5.52. The third kappa shape index (κ3) is 2.67. The van der Waals surface area contributed by atoms with E-state index in [2.05, 4.69) is 26.0 Å². The lowest BCUT2D eigenvalue weighted by molar-refractivity contribution is -0.251. The molecule has 1 N–H and O–H groups in total. The van der Waals surface area contributed by atoms with Crippen LogP contribution in [0.15, 0.2) is 22.7 Å². The van der Waals surface area contributed by atoms with E-state index < -0.39 is 36.2 Å². The Morgan fingerprint density at radius 1 is 1.45 bits per heavy atom. The second-order valence-electron chi connectivity index (χ2n) is 4.61. The Morgan fingerprint density at radius 3 is 2.70 bits per heavy atom. The van der Waals surface area contributed by atoms with E-state index in [1.54, 1.807) is 0 Å². The van der Waals surface area contributed by atoms with Crippen LogP contribution in [0, 0.1) is 5.82 Å². The summed E-state index contributed by atoms with van der Waals surface area (Å²) in [6.07, 6.45) is -7.06. The van der Waals surface area contributed by atoms with E-state index in [0.29, 0.717) is 4.47 Å².